The number of carboxylic acid groups (broad SMARTS) is 1. The van der Waals surface area contributed by atoms with Crippen molar-refractivity contribution in [2.24, 2.45) is 5.73 Å². The molecule has 0 unspecified atom stereocenters. The number of rotatable bonds is 3. The molecule has 0 spiro atoms. The fourth-order valence-electron chi connectivity index (χ4n) is 0.896. The van der Waals surface area contributed by atoms with Crippen LogP contribution in [0.25, 0.3) is 0 Å². The number of H-pyrrole nitrogens is 1. The average Bonchev–Trinajstić information content (AvgIpc) is 2.34. The van der Waals surface area contributed by atoms with Crippen LogP contribution in [0, 0.1) is 5.82 Å². The van der Waals surface area contributed by atoms with Gasteiger partial charge in [-0.05, 0) is 6.07 Å². The zero-order valence-corrected chi connectivity index (χ0v) is 6.25. The van der Waals surface area contributed by atoms with Crippen molar-refractivity contribution < 1.29 is 14.3 Å². The molecule has 1 aromatic heterocycles. The zero-order chi connectivity index (χ0) is 9.14. The maximum Gasteiger partial charge on any atom is 0.305 e. The first-order valence-electron chi connectivity index (χ1n) is 3.41. The molecule has 66 valence electrons. The molecule has 0 aromatic carbocycles. The van der Waals surface area contributed by atoms with Gasteiger partial charge < -0.3 is 15.8 Å². The molecule has 1 heterocycles. The molecule has 0 fully saturated rings. The predicted molar refractivity (Wildman–Crippen MR) is 39.9 cm³/mol. The summed E-state index contributed by atoms with van der Waals surface area (Å²) in [6.45, 7) is 0. The first-order chi connectivity index (χ1) is 5.59. The molecule has 1 atom stereocenters. The topological polar surface area (TPSA) is 79.1 Å². The fraction of sp³-hybridized carbons (Fsp3) is 0.286. The van der Waals surface area contributed by atoms with Gasteiger partial charge in [0, 0.05) is 11.9 Å². The van der Waals surface area contributed by atoms with Gasteiger partial charge in [-0.15, -0.1) is 0 Å². The number of carboxylic acids is 1. The van der Waals surface area contributed by atoms with Crippen LogP contribution in [0.15, 0.2) is 12.3 Å². The second kappa shape index (κ2) is 3.36. The van der Waals surface area contributed by atoms with E-state index >= 15 is 0 Å². The molecule has 0 aliphatic rings. The molecule has 0 aliphatic heterocycles. The molecular formula is C7H9FN2O2. The fourth-order valence-corrected chi connectivity index (χ4v) is 0.896. The Balaban J connectivity index is 2.64. The summed E-state index contributed by atoms with van der Waals surface area (Å²) in [5.74, 6) is -1.44. The van der Waals surface area contributed by atoms with Gasteiger partial charge >= 0.3 is 5.97 Å². The van der Waals surface area contributed by atoms with Crippen molar-refractivity contribution in [2.45, 2.75) is 12.5 Å². The van der Waals surface area contributed by atoms with Crippen LogP contribution in [-0.4, -0.2) is 16.1 Å². The Morgan fingerprint density at radius 1 is 1.83 bits per heavy atom. The van der Waals surface area contributed by atoms with Crippen LogP contribution in [0.1, 0.15) is 18.2 Å². The van der Waals surface area contributed by atoms with E-state index in [9.17, 15) is 9.18 Å². The van der Waals surface area contributed by atoms with E-state index < -0.39 is 17.8 Å². The first kappa shape index (κ1) is 8.73. The van der Waals surface area contributed by atoms with E-state index in [1.807, 2.05) is 0 Å². The molecule has 0 saturated carbocycles. The van der Waals surface area contributed by atoms with E-state index in [-0.39, 0.29) is 6.42 Å². The van der Waals surface area contributed by atoms with Crippen LogP contribution in [0.2, 0.25) is 0 Å². The molecule has 0 radical (unpaired) electrons. The summed E-state index contributed by atoms with van der Waals surface area (Å²) in [6, 6.07) is 0.514. The van der Waals surface area contributed by atoms with E-state index in [2.05, 4.69) is 4.98 Å². The largest absolute Gasteiger partial charge is 0.481 e. The van der Waals surface area contributed by atoms with E-state index in [1.165, 1.54) is 6.07 Å². The molecule has 0 saturated heterocycles. The van der Waals surface area contributed by atoms with Crippen LogP contribution in [0.5, 0.6) is 0 Å². The summed E-state index contributed by atoms with van der Waals surface area (Å²) in [7, 11) is 0. The minimum Gasteiger partial charge on any atom is -0.481 e. The molecular weight excluding hydrogens is 163 g/mol. The van der Waals surface area contributed by atoms with Gasteiger partial charge in [-0.3, -0.25) is 4.79 Å². The Kier molecular flexibility index (Phi) is 2.44. The van der Waals surface area contributed by atoms with Crippen LogP contribution < -0.4 is 5.73 Å². The van der Waals surface area contributed by atoms with Crippen molar-refractivity contribution in [1.82, 2.24) is 4.98 Å². The lowest BCUT2D eigenvalue weighted by atomic mass is 10.1. The van der Waals surface area contributed by atoms with Gasteiger partial charge in [0.05, 0.1) is 12.5 Å². The van der Waals surface area contributed by atoms with E-state index in [0.717, 1.165) is 6.20 Å². The molecule has 5 heteroatoms. The lowest BCUT2D eigenvalue weighted by Gasteiger charge is -2.04. The lowest BCUT2D eigenvalue weighted by molar-refractivity contribution is -0.137. The minimum atomic E-state index is -1.00. The second-order valence-corrected chi connectivity index (χ2v) is 2.48. The number of nitrogens with two attached hydrogens (primary N) is 1. The van der Waals surface area contributed by atoms with Crippen LogP contribution in [-0.2, 0) is 4.79 Å². The summed E-state index contributed by atoms with van der Waals surface area (Å²) in [5.41, 5.74) is 5.83. The Morgan fingerprint density at radius 3 is 2.92 bits per heavy atom. The number of aromatic nitrogens is 1. The molecule has 0 amide bonds. The third-order valence-electron chi connectivity index (χ3n) is 1.46. The van der Waals surface area contributed by atoms with E-state index in [1.54, 1.807) is 0 Å². The van der Waals surface area contributed by atoms with Gasteiger partial charge in [-0.1, -0.05) is 0 Å². The van der Waals surface area contributed by atoms with Crippen LogP contribution in [0.3, 0.4) is 0 Å². The number of hydrogen-bond acceptors (Lipinski definition) is 2. The van der Waals surface area contributed by atoms with Crippen molar-refractivity contribution >= 4 is 5.97 Å². The number of nitrogens with one attached hydrogen (secondary N) is 1. The molecule has 12 heavy (non-hydrogen) atoms. The normalized spacial score (nSPS) is 12.8. The lowest BCUT2D eigenvalue weighted by Crippen LogP contribution is -2.15. The number of aromatic amines is 1. The summed E-state index contributed by atoms with van der Waals surface area (Å²) in [6.07, 6.45) is 0.928. The molecule has 0 aliphatic carbocycles. The Morgan fingerprint density at radius 2 is 2.50 bits per heavy atom. The van der Waals surface area contributed by atoms with E-state index in [4.69, 9.17) is 10.8 Å². The SMILES string of the molecule is N[C@@H](CC(=O)O)c1cc(F)c[nH]1. The maximum atomic E-state index is 12.4. The molecule has 1 aromatic rings. The van der Waals surface area contributed by atoms with Gasteiger partial charge in [0.1, 0.15) is 5.82 Å². The van der Waals surface area contributed by atoms with Crippen LogP contribution in [0.4, 0.5) is 4.39 Å². The molecule has 4 nitrogen and oxygen atoms in total. The van der Waals surface area contributed by atoms with Crippen molar-refractivity contribution in [3.05, 3.63) is 23.8 Å². The van der Waals surface area contributed by atoms with Gasteiger partial charge in [0.25, 0.3) is 0 Å². The third kappa shape index (κ3) is 2.06. The van der Waals surface area contributed by atoms with Gasteiger partial charge in [-0.25, -0.2) is 4.39 Å². The number of aliphatic carboxylic acids is 1. The Hall–Kier alpha value is -1.36. The smallest absolute Gasteiger partial charge is 0.305 e. The number of carbonyl (C=O) groups is 1. The van der Waals surface area contributed by atoms with Crippen molar-refractivity contribution in [3.8, 4) is 0 Å². The molecule has 1 rings (SSSR count). The monoisotopic (exact) mass is 172 g/mol. The minimum absolute atomic E-state index is 0.208. The standard InChI is InChI=1S/C7H9FN2O2/c8-4-1-6(10-3-4)5(9)2-7(11)12/h1,3,5,10H,2,9H2,(H,11,12)/t5-/m0/s1. The summed E-state index contributed by atoms with van der Waals surface area (Å²) in [5, 5.41) is 8.36. The predicted octanol–water partition coefficient (Wildman–Crippen LogP) is 0.628. The summed E-state index contributed by atoms with van der Waals surface area (Å²) in [4.78, 5) is 12.7. The van der Waals surface area contributed by atoms with Gasteiger partial charge in [-0.2, -0.15) is 0 Å². The van der Waals surface area contributed by atoms with Crippen molar-refractivity contribution in [3.63, 3.8) is 0 Å². The number of hydrogen-bond donors (Lipinski definition) is 3. The highest BCUT2D eigenvalue weighted by atomic mass is 19.1. The molecule has 0 bridgehead atoms. The quantitative estimate of drug-likeness (QED) is 0.625. The summed E-state index contributed by atoms with van der Waals surface area (Å²) < 4.78 is 12.4. The van der Waals surface area contributed by atoms with Crippen molar-refractivity contribution in [1.29, 1.82) is 0 Å². The average molecular weight is 172 g/mol. The van der Waals surface area contributed by atoms with Gasteiger partial charge in [0.15, 0.2) is 0 Å². The van der Waals surface area contributed by atoms with Gasteiger partial charge in [0.2, 0.25) is 0 Å². The van der Waals surface area contributed by atoms with E-state index in [0.29, 0.717) is 5.69 Å². The highest BCUT2D eigenvalue weighted by Gasteiger charge is 2.12. The zero-order valence-electron chi connectivity index (χ0n) is 6.25. The maximum absolute atomic E-state index is 12.4. The third-order valence-corrected chi connectivity index (χ3v) is 1.46. The van der Waals surface area contributed by atoms with Crippen molar-refractivity contribution in [2.75, 3.05) is 0 Å². The Bertz CT molecular complexity index is 285. The summed E-state index contributed by atoms with van der Waals surface area (Å²) >= 11 is 0. The molecule has 4 N–H and O–H groups in total. The van der Waals surface area contributed by atoms with Crippen LogP contribution >= 0.6 is 0 Å². The Labute approximate surface area is 68.2 Å². The highest BCUT2D eigenvalue weighted by Crippen LogP contribution is 2.12. The second-order valence-electron chi connectivity index (χ2n) is 2.48. The number of halogens is 1. The first-order valence-corrected chi connectivity index (χ1v) is 3.41. The highest BCUT2D eigenvalue weighted by molar-refractivity contribution is 5.67.